The van der Waals surface area contributed by atoms with E-state index in [-0.39, 0.29) is 0 Å². The van der Waals surface area contributed by atoms with Gasteiger partial charge in [0.15, 0.2) is 0 Å². The summed E-state index contributed by atoms with van der Waals surface area (Å²) in [6.07, 6.45) is 12.6. The quantitative estimate of drug-likeness (QED) is 0.639. The standard InChI is InChI=1S/C15H24/c1-3-6-14-10-15(14,11-4-5-11)9-13(2)7-12(14)8-13/h11-12H,3-10H2,1-2H3/t12?,13?,14?,15-/m1/s1. The molecule has 0 saturated heterocycles. The minimum atomic E-state index is 0.793. The molecule has 0 aromatic carbocycles. The van der Waals surface area contributed by atoms with Gasteiger partial charge >= 0.3 is 0 Å². The molecule has 5 fully saturated rings. The van der Waals surface area contributed by atoms with E-state index in [1.807, 2.05) is 0 Å². The van der Waals surface area contributed by atoms with Crippen LogP contribution in [0.15, 0.2) is 0 Å². The Morgan fingerprint density at radius 3 is 2.40 bits per heavy atom. The molecule has 0 aromatic heterocycles. The van der Waals surface area contributed by atoms with Crippen molar-refractivity contribution in [1.29, 1.82) is 0 Å². The smallest absolute Gasteiger partial charge is 0.0199 e. The predicted octanol–water partition coefficient (Wildman–Crippen LogP) is 4.39. The third-order valence-corrected chi connectivity index (χ3v) is 6.55. The van der Waals surface area contributed by atoms with Crippen LogP contribution in [0.1, 0.15) is 65.2 Å². The first-order valence-corrected chi connectivity index (χ1v) is 7.14. The molecule has 0 nitrogen and oxygen atoms in total. The SMILES string of the molecule is CCCC12C[C@@]1(C1CC1)CC1(C)CC2C1. The number of rotatable bonds is 3. The zero-order valence-corrected chi connectivity index (χ0v) is 10.3. The van der Waals surface area contributed by atoms with Crippen molar-refractivity contribution in [2.45, 2.75) is 65.2 Å². The third kappa shape index (κ3) is 0.875. The van der Waals surface area contributed by atoms with Gasteiger partial charge in [-0.05, 0) is 73.0 Å². The van der Waals surface area contributed by atoms with Crippen molar-refractivity contribution in [1.82, 2.24) is 0 Å². The summed E-state index contributed by atoms with van der Waals surface area (Å²) in [5.74, 6) is 2.32. The first-order chi connectivity index (χ1) is 7.14. The van der Waals surface area contributed by atoms with Gasteiger partial charge in [0, 0.05) is 0 Å². The van der Waals surface area contributed by atoms with E-state index in [4.69, 9.17) is 0 Å². The van der Waals surface area contributed by atoms with Gasteiger partial charge in [-0.25, -0.2) is 0 Å². The minimum absolute atomic E-state index is 0.793. The summed E-state index contributed by atoms with van der Waals surface area (Å²) in [7, 11) is 0. The van der Waals surface area contributed by atoms with Crippen LogP contribution < -0.4 is 0 Å². The van der Waals surface area contributed by atoms with Gasteiger partial charge in [-0.2, -0.15) is 0 Å². The molecule has 0 radical (unpaired) electrons. The van der Waals surface area contributed by atoms with Crippen molar-refractivity contribution in [3.63, 3.8) is 0 Å². The summed E-state index contributed by atoms with van der Waals surface area (Å²) >= 11 is 0. The average Bonchev–Trinajstić information content (AvgIpc) is 2.93. The molecule has 5 aliphatic carbocycles. The van der Waals surface area contributed by atoms with Crippen molar-refractivity contribution in [3.8, 4) is 0 Å². The second-order valence-electron chi connectivity index (χ2n) is 7.61. The van der Waals surface area contributed by atoms with Gasteiger partial charge in [-0.1, -0.05) is 20.3 Å². The van der Waals surface area contributed by atoms with Crippen LogP contribution >= 0.6 is 0 Å². The van der Waals surface area contributed by atoms with E-state index >= 15 is 0 Å². The number of hydrogen-bond donors (Lipinski definition) is 0. The fourth-order valence-corrected chi connectivity index (χ4v) is 6.05. The molecule has 0 aliphatic heterocycles. The highest BCUT2D eigenvalue weighted by Crippen LogP contribution is 2.88. The van der Waals surface area contributed by atoms with Crippen LogP contribution in [0.2, 0.25) is 0 Å². The lowest BCUT2D eigenvalue weighted by atomic mass is 9.47. The fourth-order valence-electron chi connectivity index (χ4n) is 6.05. The number of hydrogen-bond acceptors (Lipinski definition) is 0. The molecule has 0 N–H and O–H groups in total. The van der Waals surface area contributed by atoms with Gasteiger partial charge in [0.1, 0.15) is 0 Å². The Balaban J connectivity index is 1.69. The van der Waals surface area contributed by atoms with Gasteiger partial charge in [-0.15, -0.1) is 0 Å². The molecule has 2 atom stereocenters. The zero-order chi connectivity index (χ0) is 10.3. The normalized spacial score (nSPS) is 60.8. The van der Waals surface area contributed by atoms with Crippen LogP contribution in [0.25, 0.3) is 0 Å². The Hall–Kier alpha value is 0. The predicted molar refractivity (Wildman–Crippen MR) is 62.6 cm³/mol. The van der Waals surface area contributed by atoms with Gasteiger partial charge < -0.3 is 0 Å². The van der Waals surface area contributed by atoms with Crippen molar-refractivity contribution >= 4 is 0 Å². The lowest BCUT2D eigenvalue weighted by Gasteiger charge is -2.58. The average molecular weight is 204 g/mol. The van der Waals surface area contributed by atoms with Crippen molar-refractivity contribution in [2.75, 3.05) is 0 Å². The van der Waals surface area contributed by atoms with Crippen LogP contribution in [0.3, 0.4) is 0 Å². The molecule has 0 heteroatoms. The van der Waals surface area contributed by atoms with E-state index in [0.29, 0.717) is 0 Å². The molecule has 15 heavy (non-hydrogen) atoms. The van der Waals surface area contributed by atoms with Gasteiger partial charge in [0.2, 0.25) is 0 Å². The molecule has 1 unspecified atom stereocenters. The zero-order valence-electron chi connectivity index (χ0n) is 10.3. The second kappa shape index (κ2) is 2.31. The Bertz CT molecular complexity index is 306. The minimum Gasteiger partial charge on any atom is -0.0654 e. The summed E-state index contributed by atoms with van der Waals surface area (Å²) in [6, 6.07) is 0. The van der Waals surface area contributed by atoms with Crippen LogP contribution in [0, 0.1) is 28.1 Å². The summed E-state index contributed by atoms with van der Waals surface area (Å²) < 4.78 is 0. The summed E-state index contributed by atoms with van der Waals surface area (Å²) in [5, 5.41) is 0. The molecule has 84 valence electrons. The molecule has 5 rings (SSSR count). The van der Waals surface area contributed by atoms with E-state index in [2.05, 4.69) is 13.8 Å². The topological polar surface area (TPSA) is 0 Å². The molecular weight excluding hydrogens is 180 g/mol. The van der Waals surface area contributed by atoms with E-state index in [1.54, 1.807) is 44.9 Å². The Labute approximate surface area is 93.8 Å². The molecule has 0 amide bonds. The van der Waals surface area contributed by atoms with Crippen molar-refractivity contribution in [2.24, 2.45) is 28.1 Å². The first kappa shape index (κ1) is 9.07. The van der Waals surface area contributed by atoms with E-state index in [9.17, 15) is 0 Å². The molecule has 0 heterocycles. The largest absolute Gasteiger partial charge is 0.0654 e. The Morgan fingerprint density at radius 2 is 1.80 bits per heavy atom. The lowest BCUT2D eigenvalue weighted by molar-refractivity contribution is -0.0842. The molecule has 5 aliphatic rings. The summed E-state index contributed by atoms with van der Waals surface area (Å²) in [4.78, 5) is 0. The molecule has 0 spiro atoms. The molecule has 2 bridgehead atoms. The molecule has 0 aromatic rings. The van der Waals surface area contributed by atoms with Crippen molar-refractivity contribution < 1.29 is 0 Å². The van der Waals surface area contributed by atoms with E-state index in [1.165, 1.54) is 12.3 Å². The maximum Gasteiger partial charge on any atom is -0.0199 e. The Morgan fingerprint density at radius 1 is 1.07 bits per heavy atom. The highest BCUT2D eigenvalue weighted by atomic mass is 14.8. The maximum absolute atomic E-state index is 2.57. The van der Waals surface area contributed by atoms with E-state index in [0.717, 1.165) is 22.2 Å². The second-order valence-corrected chi connectivity index (χ2v) is 7.61. The van der Waals surface area contributed by atoms with Crippen LogP contribution in [0.5, 0.6) is 0 Å². The highest BCUT2D eigenvalue weighted by Gasteiger charge is 2.80. The summed E-state index contributed by atoms with van der Waals surface area (Å²) in [6.45, 7) is 4.97. The van der Waals surface area contributed by atoms with Crippen molar-refractivity contribution in [3.05, 3.63) is 0 Å². The van der Waals surface area contributed by atoms with Gasteiger partial charge in [0.05, 0.1) is 0 Å². The van der Waals surface area contributed by atoms with Crippen LogP contribution in [-0.4, -0.2) is 0 Å². The lowest BCUT2D eigenvalue weighted by Crippen LogP contribution is -2.49. The molecular formula is C15H24. The van der Waals surface area contributed by atoms with Crippen LogP contribution in [-0.2, 0) is 0 Å². The molecule has 5 saturated carbocycles. The fraction of sp³-hybridized carbons (Fsp3) is 1.00. The highest BCUT2D eigenvalue weighted by molar-refractivity contribution is 5.29. The monoisotopic (exact) mass is 204 g/mol. The van der Waals surface area contributed by atoms with Gasteiger partial charge in [0.25, 0.3) is 0 Å². The maximum atomic E-state index is 2.57. The van der Waals surface area contributed by atoms with E-state index < -0.39 is 0 Å². The summed E-state index contributed by atoms with van der Waals surface area (Å²) in [5.41, 5.74) is 2.56. The Kier molecular flexibility index (Phi) is 1.40. The third-order valence-electron chi connectivity index (χ3n) is 6.55. The first-order valence-electron chi connectivity index (χ1n) is 7.14. The van der Waals surface area contributed by atoms with Gasteiger partial charge in [-0.3, -0.25) is 0 Å². The van der Waals surface area contributed by atoms with Crippen LogP contribution in [0.4, 0.5) is 0 Å².